The maximum absolute atomic E-state index is 10.3. The molecule has 0 bridgehead atoms. The zero-order valence-electron chi connectivity index (χ0n) is 9.22. The molecule has 0 aromatic heterocycles. The maximum Gasteiger partial charge on any atom is 0.143 e. The maximum atomic E-state index is 10.3. The second-order valence-corrected chi connectivity index (χ2v) is 3.59. The summed E-state index contributed by atoms with van der Waals surface area (Å²) in [5, 5.41) is 5.82. The molecule has 0 aromatic carbocycles. The van der Waals surface area contributed by atoms with E-state index in [2.05, 4.69) is 10.6 Å². The second-order valence-electron chi connectivity index (χ2n) is 3.59. The van der Waals surface area contributed by atoms with Gasteiger partial charge < -0.3 is 10.6 Å². The smallest absolute Gasteiger partial charge is 0.143 e. The van der Waals surface area contributed by atoms with Crippen molar-refractivity contribution in [2.24, 2.45) is 0 Å². The van der Waals surface area contributed by atoms with Gasteiger partial charge in [0.15, 0.2) is 0 Å². The molecule has 1 aliphatic carbocycles. The van der Waals surface area contributed by atoms with Crippen LogP contribution in [0.15, 0.2) is 0 Å². The van der Waals surface area contributed by atoms with Crippen LogP contribution in [0.4, 0.5) is 0 Å². The van der Waals surface area contributed by atoms with Gasteiger partial charge in [0.25, 0.3) is 0 Å². The van der Waals surface area contributed by atoms with Crippen molar-refractivity contribution in [3.8, 4) is 0 Å². The Balaban J connectivity index is 0.000000255. The molecule has 0 radical (unpaired) electrons. The molecule has 1 fully saturated rings. The Morgan fingerprint density at radius 3 is 1.86 bits per heavy atom. The lowest BCUT2D eigenvalue weighted by atomic mass is 10.4. The molecule has 4 heteroatoms. The molecule has 14 heavy (non-hydrogen) atoms. The predicted molar refractivity (Wildman–Crippen MR) is 56.3 cm³/mol. The summed E-state index contributed by atoms with van der Waals surface area (Å²) in [6.45, 7) is 4.20. The number of hydrogen-bond acceptors (Lipinski definition) is 4. The Morgan fingerprint density at radius 1 is 1.14 bits per heavy atom. The van der Waals surface area contributed by atoms with Crippen molar-refractivity contribution in [3.05, 3.63) is 0 Å². The summed E-state index contributed by atoms with van der Waals surface area (Å²) in [4.78, 5) is 20.3. The van der Waals surface area contributed by atoms with Crippen LogP contribution < -0.4 is 10.6 Å². The molecule has 0 unspecified atom stereocenters. The molecule has 2 N–H and O–H groups in total. The van der Waals surface area contributed by atoms with E-state index in [1.54, 1.807) is 20.9 Å². The van der Waals surface area contributed by atoms with Crippen molar-refractivity contribution >= 4 is 11.6 Å². The molecule has 0 amide bonds. The quantitative estimate of drug-likeness (QED) is 0.662. The average Bonchev–Trinajstić information content (AvgIpc) is 2.84. The van der Waals surface area contributed by atoms with Gasteiger partial charge in [-0.25, -0.2) is 0 Å². The van der Waals surface area contributed by atoms with Crippen molar-refractivity contribution < 1.29 is 9.59 Å². The number of likely N-dealkylation sites (N-methyl/N-ethyl adjacent to an activating group) is 1. The number of Topliss-reactive ketones (excluding diaryl/α,β-unsaturated/α-hetero) is 2. The third-order valence-corrected chi connectivity index (χ3v) is 1.64. The first kappa shape index (κ1) is 13.3. The molecule has 82 valence electrons. The van der Waals surface area contributed by atoms with Crippen LogP contribution in [-0.2, 0) is 9.59 Å². The average molecular weight is 200 g/mol. The summed E-state index contributed by atoms with van der Waals surface area (Å²) in [6.07, 6.45) is 2.51. The highest BCUT2D eigenvalue weighted by atomic mass is 16.1. The molecule has 0 spiro atoms. The number of rotatable bonds is 5. The van der Waals surface area contributed by atoms with Crippen LogP contribution in [0.5, 0.6) is 0 Å². The van der Waals surface area contributed by atoms with E-state index < -0.39 is 0 Å². The summed E-state index contributed by atoms with van der Waals surface area (Å²) < 4.78 is 0. The fraction of sp³-hybridized carbons (Fsp3) is 0.800. The third kappa shape index (κ3) is 11.3. The standard InChI is InChI=1S/C6H11NO.C4H9NO/c1-5(8)4-7-6-2-3-6;1-4(6)3-5-2/h6-7H,2-4H2,1H3;5H,3H2,1-2H3. The number of ketones is 2. The largest absolute Gasteiger partial charge is 0.313 e. The third-order valence-electron chi connectivity index (χ3n) is 1.64. The minimum absolute atomic E-state index is 0.178. The van der Waals surface area contributed by atoms with Gasteiger partial charge in [-0.2, -0.15) is 0 Å². The van der Waals surface area contributed by atoms with E-state index in [9.17, 15) is 9.59 Å². The number of carbonyl (C=O) groups excluding carboxylic acids is 2. The van der Waals surface area contributed by atoms with Gasteiger partial charge in [0.05, 0.1) is 13.1 Å². The van der Waals surface area contributed by atoms with Gasteiger partial charge in [-0.05, 0) is 33.7 Å². The molecular weight excluding hydrogens is 180 g/mol. The van der Waals surface area contributed by atoms with E-state index in [0.717, 1.165) is 0 Å². The fourth-order valence-electron chi connectivity index (χ4n) is 0.824. The Morgan fingerprint density at radius 2 is 1.64 bits per heavy atom. The predicted octanol–water partition coefficient (Wildman–Crippen LogP) is 0.122. The van der Waals surface area contributed by atoms with Crippen LogP contribution in [0.25, 0.3) is 0 Å². The van der Waals surface area contributed by atoms with Gasteiger partial charge in [0.1, 0.15) is 11.6 Å². The summed E-state index contributed by atoms with van der Waals surface area (Å²) in [5.41, 5.74) is 0. The van der Waals surface area contributed by atoms with Crippen LogP contribution in [-0.4, -0.2) is 37.7 Å². The Hall–Kier alpha value is -0.740. The SMILES string of the molecule is CC(=O)CNC1CC1.CNCC(C)=O. The minimum Gasteiger partial charge on any atom is -0.313 e. The lowest BCUT2D eigenvalue weighted by Crippen LogP contribution is -2.22. The van der Waals surface area contributed by atoms with Crippen LogP contribution in [0.3, 0.4) is 0 Å². The molecule has 1 saturated carbocycles. The van der Waals surface area contributed by atoms with E-state index in [1.165, 1.54) is 12.8 Å². The van der Waals surface area contributed by atoms with E-state index in [4.69, 9.17) is 0 Å². The van der Waals surface area contributed by atoms with Gasteiger partial charge >= 0.3 is 0 Å². The van der Waals surface area contributed by atoms with Crippen molar-refractivity contribution in [1.29, 1.82) is 0 Å². The molecular formula is C10H20N2O2. The highest BCUT2D eigenvalue weighted by molar-refractivity contribution is 5.77. The number of carbonyl (C=O) groups is 2. The van der Waals surface area contributed by atoms with Crippen LogP contribution in [0.2, 0.25) is 0 Å². The first-order chi connectivity index (χ1) is 6.56. The Kier molecular flexibility index (Phi) is 7.24. The lowest BCUT2D eigenvalue weighted by molar-refractivity contribution is -0.117. The molecule has 0 aromatic rings. The highest BCUT2D eigenvalue weighted by Crippen LogP contribution is 2.17. The monoisotopic (exact) mass is 200 g/mol. The van der Waals surface area contributed by atoms with E-state index in [0.29, 0.717) is 19.1 Å². The highest BCUT2D eigenvalue weighted by Gasteiger charge is 2.19. The molecule has 1 aliphatic rings. The first-order valence-corrected chi connectivity index (χ1v) is 4.93. The van der Waals surface area contributed by atoms with Gasteiger partial charge in [-0.3, -0.25) is 9.59 Å². The minimum atomic E-state index is 0.178. The van der Waals surface area contributed by atoms with Gasteiger partial charge in [-0.15, -0.1) is 0 Å². The van der Waals surface area contributed by atoms with Crippen molar-refractivity contribution in [2.75, 3.05) is 20.1 Å². The molecule has 0 atom stereocenters. The zero-order chi connectivity index (χ0) is 11.0. The fourth-order valence-corrected chi connectivity index (χ4v) is 0.824. The topological polar surface area (TPSA) is 58.2 Å². The van der Waals surface area contributed by atoms with E-state index in [1.807, 2.05) is 0 Å². The van der Waals surface area contributed by atoms with E-state index >= 15 is 0 Å². The molecule has 4 nitrogen and oxygen atoms in total. The Labute approximate surface area is 85.4 Å². The van der Waals surface area contributed by atoms with Crippen molar-refractivity contribution in [3.63, 3.8) is 0 Å². The van der Waals surface area contributed by atoms with Gasteiger partial charge in [-0.1, -0.05) is 0 Å². The Bertz CT molecular complexity index is 189. The van der Waals surface area contributed by atoms with Crippen LogP contribution >= 0.6 is 0 Å². The van der Waals surface area contributed by atoms with Crippen molar-refractivity contribution in [1.82, 2.24) is 10.6 Å². The van der Waals surface area contributed by atoms with Crippen molar-refractivity contribution in [2.45, 2.75) is 32.7 Å². The first-order valence-electron chi connectivity index (χ1n) is 4.93. The molecule has 0 aliphatic heterocycles. The van der Waals surface area contributed by atoms with Crippen LogP contribution in [0.1, 0.15) is 26.7 Å². The second kappa shape index (κ2) is 7.64. The molecule has 0 heterocycles. The summed E-state index contributed by atoms with van der Waals surface area (Å²) >= 11 is 0. The van der Waals surface area contributed by atoms with Gasteiger partial charge in [0.2, 0.25) is 0 Å². The van der Waals surface area contributed by atoms with Crippen LogP contribution in [0, 0.1) is 0 Å². The lowest BCUT2D eigenvalue weighted by Gasteiger charge is -1.94. The summed E-state index contributed by atoms with van der Waals surface area (Å²) in [6, 6.07) is 0.666. The number of nitrogens with one attached hydrogen (secondary N) is 2. The van der Waals surface area contributed by atoms with Gasteiger partial charge in [0, 0.05) is 6.04 Å². The zero-order valence-corrected chi connectivity index (χ0v) is 9.22. The van der Waals surface area contributed by atoms with E-state index in [-0.39, 0.29) is 11.6 Å². The summed E-state index contributed by atoms with van der Waals surface area (Å²) in [7, 11) is 1.75. The molecule has 0 saturated heterocycles. The molecule has 1 rings (SSSR count). The summed E-state index contributed by atoms with van der Waals surface area (Å²) in [5.74, 6) is 0.411. The number of hydrogen-bond donors (Lipinski definition) is 2. The normalized spacial score (nSPS) is 14.2.